The number of hydrogen-bond acceptors (Lipinski definition) is 5. The number of halogens is 1. The van der Waals surface area contributed by atoms with Gasteiger partial charge in [0.05, 0.1) is 16.8 Å². The van der Waals surface area contributed by atoms with Gasteiger partial charge in [-0.3, -0.25) is 9.48 Å². The summed E-state index contributed by atoms with van der Waals surface area (Å²) < 4.78 is 15.0. The van der Waals surface area contributed by atoms with Crippen LogP contribution in [0.2, 0.25) is 0 Å². The standard InChI is InChI=1S/C17H18FN5OS/c1-11(17(24)22(2)9-12-5-4-6-13(18)7-12)25-16-14-8-21-23(3)15(14)19-10-20-16/h4-8,10-11H,9H2,1-3H3. The second kappa shape index (κ2) is 7.18. The molecule has 0 fully saturated rings. The molecule has 0 radical (unpaired) electrons. The Hall–Kier alpha value is -2.48. The molecule has 1 aromatic carbocycles. The summed E-state index contributed by atoms with van der Waals surface area (Å²) in [5.41, 5.74) is 1.48. The molecule has 0 saturated carbocycles. The van der Waals surface area contributed by atoms with Gasteiger partial charge >= 0.3 is 0 Å². The highest BCUT2D eigenvalue weighted by atomic mass is 32.2. The molecule has 6 nitrogen and oxygen atoms in total. The van der Waals surface area contributed by atoms with Crippen LogP contribution in [0.3, 0.4) is 0 Å². The van der Waals surface area contributed by atoms with Crippen LogP contribution in [-0.2, 0) is 18.4 Å². The Morgan fingerprint density at radius 2 is 2.20 bits per heavy atom. The Kier molecular flexibility index (Phi) is 4.98. The molecule has 2 aromatic heterocycles. The largest absolute Gasteiger partial charge is 0.340 e. The number of carbonyl (C=O) groups excluding carboxylic acids is 1. The van der Waals surface area contributed by atoms with Crippen molar-refractivity contribution in [2.24, 2.45) is 7.05 Å². The number of benzene rings is 1. The number of nitrogens with zero attached hydrogens (tertiary/aromatic N) is 5. The topological polar surface area (TPSA) is 63.9 Å². The van der Waals surface area contributed by atoms with Crippen molar-refractivity contribution in [3.8, 4) is 0 Å². The fourth-order valence-corrected chi connectivity index (χ4v) is 3.54. The molecule has 0 spiro atoms. The van der Waals surface area contributed by atoms with Crippen LogP contribution in [0.25, 0.3) is 11.0 Å². The highest BCUT2D eigenvalue weighted by molar-refractivity contribution is 8.00. The average Bonchev–Trinajstić information content (AvgIpc) is 2.96. The van der Waals surface area contributed by atoms with Crippen LogP contribution in [0, 0.1) is 5.82 Å². The van der Waals surface area contributed by atoms with Crippen LogP contribution < -0.4 is 0 Å². The summed E-state index contributed by atoms with van der Waals surface area (Å²) in [4.78, 5) is 22.7. The maximum Gasteiger partial charge on any atom is 0.235 e. The molecule has 0 aliphatic heterocycles. The van der Waals surface area contributed by atoms with E-state index in [-0.39, 0.29) is 17.0 Å². The lowest BCUT2D eigenvalue weighted by molar-refractivity contribution is -0.129. The molecule has 3 rings (SSSR count). The van der Waals surface area contributed by atoms with Crippen molar-refractivity contribution in [2.75, 3.05) is 7.05 Å². The van der Waals surface area contributed by atoms with E-state index in [2.05, 4.69) is 15.1 Å². The molecule has 0 aliphatic carbocycles. The van der Waals surface area contributed by atoms with Crippen LogP contribution in [0.5, 0.6) is 0 Å². The molecule has 1 atom stereocenters. The molecule has 25 heavy (non-hydrogen) atoms. The summed E-state index contributed by atoms with van der Waals surface area (Å²) in [5, 5.41) is 5.38. The molecule has 130 valence electrons. The first-order chi connectivity index (χ1) is 12.0. The van der Waals surface area contributed by atoms with Crippen LogP contribution in [0.4, 0.5) is 4.39 Å². The maximum atomic E-state index is 13.3. The molecule has 0 saturated heterocycles. The fourth-order valence-electron chi connectivity index (χ4n) is 2.55. The smallest absolute Gasteiger partial charge is 0.235 e. The molecule has 8 heteroatoms. The second-order valence-electron chi connectivity index (χ2n) is 5.77. The summed E-state index contributed by atoms with van der Waals surface area (Å²) in [6.45, 7) is 2.19. The first-order valence-electron chi connectivity index (χ1n) is 7.74. The van der Waals surface area contributed by atoms with Gasteiger partial charge in [0.25, 0.3) is 0 Å². The van der Waals surface area contributed by atoms with Gasteiger partial charge in [-0.05, 0) is 24.6 Å². The van der Waals surface area contributed by atoms with Crippen molar-refractivity contribution in [1.29, 1.82) is 0 Å². The van der Waals surface area contributed by atoms with Gasteiger partial charge in [0.15, 0.2) is 5.65 Å². The van der Waals surface area contributed by atoms with Crippen molar-refractivity contribution in [1.82, 2.24) is 24.6 Å². The lowest BCUT2D eigenvalue weighted by atomic mass is 10.2. The Morgan fingerprint density at radius 3 is 2.96 bits per heavy atom. The summed E-state index contributed by atoms with van der Waals surface area (Å²) in [5.74, 6) is -0.356. The summed E-state index contributed by atoms with van der Waals surface area (Å²) >= 11 is 1.37. The molecule has 2 heterocycles. The Balaban J connectivity index is 1.71. The molecule has 0 N–H and O–H groups in total. The molecule has 1 unspecified atom stereocenters. The zero-order valence-corrected chi connectivity index (χ0v) is 15.0. The van der Waals surface area contributed by atoms with E-state index in [1.54, 1.807) is 35.0 Å². The number of aryl methyl sites for hydroxylation is 1. The van der Waals surface area contributed by atoms with Crippen molar-refractivity contribution in [3.63, 3.8) is 0 Å². The zero-order valence-electron chi connectivity index (χ0n) is 14.2. The van der Waals surface area contributed by atoms with E-state index in [1.165, 1.54) is 30.2 Å². The lowest BCUT2D eigenvalue weighted by Crippen LogP contribution is -2.32. The Labute approximate surface area is 149 Å². The number of carbonyl (C=O) groups is 1. The highest BCUT2D eigenvalue weighted by Crippen LogP contribution is 2.28. The van der Waals surface area contributed by atoms with E-state index >= 15 is 0 Å². The normalized spacial score (nSPS) is 12.3. The second-order valence-corrected chi connectivity index (χ2v) is 7.10. The van der Waals surface area contributed by atoms with Gasteiger partial charge in [0.2, 0.25) is 5.91 Å². The van der Waals surface area contributed by atoms with E-state index < -0.39 is 0 Å². The third-order valence-corrected chi connectivity index (χ3v) is 4.92. The first-order valence-corrected chi connectivity index (χ1v) is 8.62. The third-order valence-electron chi connectivity index (χ3n) is 3.81. The predicted molar refractivity (Wildman–Crippen MR) is 94.5 cm³/mol. The lowest BCUT2D eigenvalue weighted by Gasteiger charge is -2.21. The van der Waals surface area contributed by atoms with Crippen LogP contribution in [0.1, 0.15) is 12.5 Å². The fraction of sp³-hybridized carbons (Fsp3) is 0.294. The van der Waals surface area contributed by atoms with Crippen molar-refractivity contribution < 1.29 is 9.18 Å². The minimum Gasteiger partial charge on any atom is -0.340 e. The first kappa shape index (κ1) is 17.3. The number of hydrogen-bond donors (Lipinski definition) is 0. The highest BCUT2D eigenvalue weighted by Gasteiger charge is 2.21. The molecule has 1 amide bonds. The van der Waals surface area contributed by atoms with Crippen LogP contribution >= 0.6 is 11.8 Å². The van der Waals surface area contributed by atoms with Crippen molar-refractivity contribution in [3.05, 3.63) is 48.2 Å². The van der Waals surface area contributed by atoms with E-state index in [1.807, 2.05) is 14.0 Å². The van der Waals surface area contributed by atoms with Gasteiger partial charge in [-0.2, -0.15) is 5.10 Å². The van der Waals surface area contributed by atoms with Gasteiger partial charge in [-0.25, -0.2) is 14.4 Å². The zero-order chi connectivity index (χ0) is 18.0. The minimum absolute atomic E-state index is 0.0510. The van der Waals surface area contributed by atoms with E-state index in [0.29, 0.717) is 6.54 Å². The van der Waals surface area contributed by atoms with Gasteiger partial charge in [0.1, 0.15) is 17.2 Å². The molecular weight excluding hydrogens is 341 g/mol. The van der Waals surface area contributed by atoms with Crippen molar-refractivity contribution in [2.45, 2.75) is 23.7 Å². The van der Waals surface area contributed by atoms with Crippen LogP contribution in [-0.4, -0.2) is 42.9 Å². The molecule has 3 aromatic rings. The summed E-state index contributed by atoms with van der Waals surface area (Å²) in [7, 11) is 3.52. The summed E-state index contributed by atoms with van der Waals surface area (Å²) in [6.07, 6.45) is 3.17. The average molecular weight is 359 g/mol. The van der Waals surface area contributed by atoms with Gasteiger partial charge < -0.3 is 4.90 Å². The van der Waals surface area contributed by atoms with Gasteiger partial charge in [-0.15, -0.1) is 0 Å². The summed E-state index contributed by atoms with van der Waals surface area (Å²) in [6, 6.07) is 6.26. The number of fused-ring (bicyclic) bond motifs is 1. The number of thioether (sulfide) groups is 1. The van der Waals surface area contributed by atoms with Gasteiger partial charge in [-0.1, -0.05) is 23.9 Å². The number of rotatable bonds is 5. The number of amides is 1. The molecular formula is C17H18FN5OS. The van der Waals surface area contributed by atoms with E-state index in [4.69, 9.17) is 0 Å². The predicted octanol–water partition coefficient (Wildman–Crippen LogP) is 2.64. The van der Waals surface area contributed by atoms with Crippen LogP contribution in [0.15, 0.2) is 41.8 Å². The SMILES string of the molecule is CC(Sc1ncnc2c1cnn2C)C(=O)N(C)Cc1cccc(F)c1. The number of aromatic nitrogens is 4. The Bertz CT molecular complexity index is 913. The Morgan fingerprint density at radius 1 is 1.40 bits per heavy atom. The quantitative estimate of drug-likeness (QED) is 0.518. The monoisotopic (exact) mass is 359 g/mol. The molecule has 0 aliphatic rings. The maximum absolute atomic E-state index is 13.3. The molecule has 0 bridgehead atoms. The van der Waals surface area contributed by atoms with Crippen molar-refractivity contribution >= 4 is 28.7 Å². The van der Waals surface area contributed by atoms with E-state index in [0.717, 1.165) is 21.6 Å². The minimum atomic E-state index is -0.336. The van der Waals surface area contributed by atoms with Gasteiger partial charge in [0, 0.05) is 20.6 Å². The third kappa shape index (κ3) is 3.79. The van der Waals surface area contributed by atoms with E-state index in [9.17, 15) is 9.18 Å².